The fourth-order valence-corrected chi connectivity index (χ4v) is 5.49. The SMILES string of the molecule is CC(C)OC(=O)Nc1ccc(-c2ncc(-c3ccc(N4CC(C)OC4=O)cc3SNC(C)(C)C)s2)cc1. The highest BCUT2D eigenvalue weighted by atomic mass is 32.2. The van der Waals surface area contributed by atoms with Crippen molar-refractivity contribution in [2.75, 3.05) is 16.8 Å². The van der Waals surface area contributed by atoms with Crippen molar-refractivity contribution in [1.29, 1.82) is 0 Å². The average Bonchev–Trinajstić information content (AvgIpc) is 3.43. The Labute approximate surface area is 225 Å². The van der Waals surface area contributed by atoms with Crippen LogP contribution in [0.25, 0.3) is 21.0 Å². The fraction of sp³-hybridized carbons (Fsp3) is 0.370. The Morgan fingerprint density at radius 1 is 1.22 bits per heavy atom. The van der Waals surface area contributed by atoms with Gasteiger partial charge in [-0.25, -0.2) is 14.6 Å². The van der Waals surface area contributed by atoms with E-state index in [2.05, 4.69) is 35.8 Å². The van der Waals surface area contributed by atoms with Crippen molar-refractivity contribution < 1.29 is 19.1 Å². The van der Waals surface area contributed by atoms with E-state index in [4.69, 9.17) is 9.47 Å². The quantitative estimate of drug-likeness (QED) is 0.307. The van der Waals surface area contributed by atoms with Gasteiger partial charge in [0.05, 0.1) is 17.5 Å². The summed E-state index contributed by atoms with van der Waals surface area (Å²) in [6.45, 7) is 12.3. The lowest BCUT2D eigenvalue weighted by molar-refractivity contribution is 0.130. The van der Waals surface area contributed by atoms with Gasteiger partial charge >= 0.3 is 12.2 Å². The van der Waals surface area contributed by atoms with Gasteiger partial charge in [0.25, 0.3) is 0 Å². The first-order valence-electron chi connectivity index (χ1n) is 12.1. The van der Waals surface area contributed by atoms with Crippen molar-refractivity contribution in [2.45, 2.75) is 64.2 Å². The minimum atomic E-state index is -0.478. The number of benzene rings is 2. The van der Waals surface area contributed by atoms with Gasteiger partial charge in [0.1, 0.15) is 11.1 Å². The standard InChI is InChI=1S/C27H32N4O4S2/c1-16(2)34-25(32)29-19-9-7-18(8-10-19)24-28-14-23(36-24)21-12-11-20(31-15-17(3)35-26(31)33)13-22(21)37-30-27(4,5)6/h7-14,16-17,30H,15H2,1-6H3,(H,29,32). The largest absolute Gasteiger partial charge is 0.447 e. The Bertz CT molecular complexity index is 1270. The summed E-state index contributed by atoms with van der Waals surface area (Å²) in [5.41, 5.74) is 3.34. The molecule has 2 heterocycles. The maximum Gasteiger partial charge on any atom is 0.414 e. The van der Waals surface area contributed by atoms with E-state index in [-0.39, 0.29) is 23.8 Å². The summed E-state index contributed by atoms with van der Waals surface area (Å²) in [5.74, 6) is 0. The monoisotopic (exact) mass is 540 g/mol. The van der Waals surface area contributed by atoms with Gasteiger partial charge in [-0.05, 0) is 89.9 Å². The number of amides is 2. The van der Waals surface area contributed by atoms with E-state index >= 15 is 0 Å². The summed E-state index contributed by atoms with van der Waals surface area (Å²) >= 11 is 3.12. The van der Waals surface area contributed by atoms with Crippen LogP contribution in [0.4, 0.5) is 21.0 Å². The van der Waals surface area contributed by atoms with Crippen LogP contribution in [-0.2, 0) is 9.47 Å². The van der Waals surface area contributed by atoms with Crippen LogP contribution in [0.3, 0.4) is 0 Å². The molecular weight excluding hydrogens is 508 g/mol. The number of hydrogen-bond donors (Lipinski definition) is 2. The third-order valence-electron chi connectivity index (χ3n) is 5.20. The van der Waals surface area contributed by atoms with Gasteiger partial charge in [0, 0.05) is 39.1 Å². The summed E-state index contributed by atoms with van der Waals surface area (Å²) in [4.78, 5) is 32.5. The number of carbonyl (C=O) groups is 2. The Morgan fingerprint density at radius 3 is 2.57 bits per heavy atom. The molecule has 0 spiro atoms. The number of rotatable bonds is 7. The number of ether oxygens (including phenoxy) is 2. The number of aromatic nitrogens is 1. The molecule has 1 aliphatic heterocycles. The van der Waals surface area contributed by atoms with Crippen molar-refractivity contribution in [3.63, 3.8) is 0 Å². The predicted molar refractivity (Wildman–Crippen MR) is 150 cm³/mol. The number of nitrogens with one attached hydrogen (secondary N) is 2. The first-order chi connectivity index (χ1) is 17.5. The van der Waals surface area contributed by atoms with Gasteiger partial charge in [0.2, 0.25) is 0 Å². The second-order valence-electron chi connectivity index (χ2n) is 10.1. The number of cyclic esters (lactones) is 1. The minimum Gasteiger partial charge on any atom is -0.447 e. The summed E-state index contributed by atoms with van der Waals surface area (Å²) in [7, 11) is 0. The first-order valence-corrected chi connectivity index (χ1v) is 13.7. The normalized spacial score (nSPS) is 15.7. The lowest BCUT2D eigenvalue weighted by Gasteiger charge is -2.21. The van der Waals surface area contributed by atoms with Crippen molar-refractivity contribution in [2.24, 2.45) is 0 Å². The molecule has 2 N–H and O–H groups in total. The molecule has 8 nitrogen and oxygen atoms in total. The lowest BCUT2D eigenvalue weighted by Crippen LogP contribution is -2.30. The van der Waals surface area contributed by atoms with Gasteiger partial charge in [-0.2, -0.15) is 0 Å². The van der Waals surface area contributed by atoms with E-state index in [9.17, 15) is 9.59 Å². The van der Waals surface area contributed by atoms with Crippen LogP contribution < -0.4 is 14.9 Å². The van der Waals surface area contributed by atoms with Crippen molar-refractivity contribution in [1.82, 2.24) is 9.71 Å². The van der Waals surface area contributed by atoms with E-state index in [1.165, 1.54) is 11.9 Å². The molecule has 0 bridgehead atoms. The van der Waals surface area contributed by atoms with Gasteiger partial charge < -0.3 is 9.47 Å². The molecule has 196 valence electrons. The van der Waals surface area contributed by atoms with Gasteiger partial charge in [-0.1, -0.05) is 6.07 Å². The van der Waals surface area contributed by atoms with E-state index in [1.54, 1.807) is 30.1 Å². The molecule has 1 saturated heterocycles. The molecule has 4 rings (SSSR count). The highest BCUT2D eigenvalue weighted by Gasteiger charge is 2.30. The maximum atomic E-state index is 12.3. The van der Waals surface area contributed by atoms with Gasteiger partial charge in [0.15, 0.2) is 0 Å². The molecule has 1 atom stereocenters. The van der Waals surface area contributed by atoms with Crippen molar-refractivity contribution >= 4 is 46.8 Å². The van der Waals surface area contributed by atoms with Crippen LogP contribution in [0.5, 0.6) is 0 Å². The Morgan fingerprint density at radius 2 is 1.95 bits per heavy atom. The van der Waals surface area contributed by atoms with E-state index in [1.807, 2.05) is 55.6 Å². The average molecular weight is 541 g/mol. The molecule has 2 aromatic carbocycles. The van der Waals surface area contributed by atoms with E-state index in [0.717, 1.165) is 31.6 Å². The third kappa shape index (κ3) is 7.03. The number of hydrogen-bond acceptors (Lipinski definition) is 8. The summed E-state index contributed by atoms with van der Waals surface area (Å²) in [5, 5.41) is 3.59. The molecule has 3 aromatic rings. The highest BCUT2D eigenvalue weighted by Crippen LogP contribution is 2.40. The molecule has 1 unspecified atom stereocenters. The molecule has 10 heteroatoms. The van der Waals surface area contributed by atoms with Crippen LogP contribution in [-0.4, -0.2) is 41.5 Å². The molecule has 1 aliphatic rings. The van der Waals surface area contributed by atoms with E-state index in [0.29, 0.717) is 12.2 Å². The van der Waals surface area contributed by atoms with Crippen LogP contribution >= 0.6 is 23.3 Å². The van der Waals surface area contributed by atoms with Gasteiger partial charge in [-0.3, -0.25) is 14.9 Å². The number of anilines is 2. The molecule has 2 amide bonds. The molecule has 1 aromatic heterocycles. The number of nitrogens with zero attached hydrogens (tertiary/aromatic N) is 2. The summed E-state index contributed by atoms with van der Waals surface area (Å²) < 4.78 is 13.9. The minimum absolute atomic E-state index is 0.102. The van der Waals surface area contributed by atoms with E-state index < -0.39 is 6.09 Å². The van der Waals surface area contributed by atoms with Crippen molar-refractivity contribution in [3.05, 3.63) is 48.7 Å². The molecule has 0 saturated carbocycles. The number of carbonyl (C=O) groups excluding carboxylic acids is 2. The third-order valence-corrected chi connectivity index (χ3v) is 7.55. The van der Waals surface area contributed by atoms with Crippen LogP contribution in [0.15, 0.2) is 53.6 Å². The first kappa shape index (κ1) is 27.0. The zero-order valence-electron chi connectivity index (χ0n) is 21.8. The second kappa shape index (κ2) is 11.1. The van der Waals surface area contributed by atoms with Crippen molar-refractivity contribution in [3.8, 4) is 21.0 Å². The second-order valence-corrected chi connectivity index (χ2v) is 12.0. The molecule has 1 fully saturated rings. The van der Waals surface area contributed by atoms with Crippen LogP contribution in [0, 0.1) is 0 Å². The topological polar surface area (TPSA) is 92.8 Å². The summed E-state index contributed by atoms with van der Waals surface area (Å²) in [6, 6.07) is 13.5. The highest BCUT2D eigenvalue weighted by molar-refractivity contribution is 7.97. The lowest BCUT2D eigenvalue weighted by atomic mass is 10.1. The molecular formula is C27H32N4O4S2. The van der Waals surface area contributed by atoms with Crippen LogP contribution in [0.1, 0.15) is 41.5 Å². The Kier molecular flexibility index (Phi) is 8.11. The number of thiazole rings is 1. The Hall–Kier alpha value is -3.08. The zero-order chi connectivity index (χ0) is 26.7. The smallest absolute Gasteiger partial charge is 0.414 e. The Balaban J connectivity index is 1.58. The summed E-state index contributed by atoms with van der Waals surface area (Å²) in [6.07, 6.45) is 0.747. The molecule has 0 radical (unpaired) electrons. The van der Waals surface area contributed by atoms with Gasteiger partial charge in [-0.15, -0.1) is 11.3 Å². The fourth-order valence-electron chi connectivity index (χ4n) is 3.58. The molecule has 37 heavy (non-hydrogen) atoms. The van der Waals surface area contributed by atoms with Crippen LogP contribution in [0.2, 0.25) is 0 Å². The predicted octanol–water partition coefficient (Wildman–Crippen LogP) is 7.17. The molecule has 0 aliphatic carbocycles. The maximum absolute atomic E-state index is 12.3. The zero-order valence-corrected chi connectivity index (χ0v) is 23.5.